The van der Waals surface area contributed by atoms with Crippen LogP contribution in [0.3, 0.4) is 0 Å². The van der Waals surface area contributed by atoms with E-state index in [2.05, 4.69) is 10.3 Å². The van der Waals surface area contributed by atoms with Gasteiger partial charge >= 0.3 is 0 Å². The number of hydrogen-bond donors (Lipinski definition) is 1. The fraction of sp³-hybridized carbons (Fsp3) is 0.158. The second-order valence-electron chi connectivity index (χ2n) is 5.40. The molecular formula is C19H17ClN2O. The fourth-order valence-corrected chi connectivity index (χ4v) is 2.80. The van der Waals surface area contributed by atoms with Crippen molar-refractivity contribution in [2.24, 2.45) is 0 Å². The van der Waals surface area contributed by atoms with Gasteiger partial charge in [-0.3, -0.25) is 9.78 Å². The van der Waals surface area contributed by atoms with E-state index in [4.69, 9.17) is 11.6 Å². The standard InChI is InChI=1S/C19H17ClN2O/c20-17-8-1-4-14(12-17)9-11-21-18(23)13-16-6-2-5-15-7-3-10-22-19(15)16/h1-8,10,12H,9,11,13H2,(H,21,23). The van der Waals surface area contributed by atoms with Gasteiger partial charge in [0.15, 0.2) is 0 Å². The number of halogens is 1. The number of carbonyl (C=O) groups excluding carboxylic acids is 1. The van der Waals surface area contributed by atoms with Gasteiger partial charge in [0.2, 0.25) is 5.91 Å². The molecule has 4 heteroatoms. The van der Waals surface area contributed by atoms with Gasteiger partial charge in [-0.15, -0.1) is 0 Å². The molecule has 2 aromatic carbocycles. The zero-order valence-electron chi connectivity index (χ0n) is 12.6. The number of amides is 1. The second-order valence-corrected chi connectivity index (χ2v) is 5.84. The third-order valence-corrected chi connectivity index (χ3v) is 3.93. The van der Waals surface area contributed by atoms with Crippen LogP contribution in [0.4, 0.5) is 0 Å². The monoisotopic (exact) mass is 324 g/mol. The second kappa shape index (κ2) is 7.25. The number of para-hydroxylation sites is 1. The summed E-state index contributed by atoms with van der Waals surface area (Å²) in [5, 5.41) is 4.72. The average molecular weight is 325 g/mol. The number of pyridine rings is 1. The Hall–Kier alpha value is -2.39. The smallest absolute Gasteiger partial charge is 0.224 e. The highest BCUT2D eigenvalue weighted by atomic mass is 35.5. The normalized spacial score (nSPS) is 10.7. The maximum atomic E-state index is 12.1. The summed E-state index contributed by atoms with van der Waals surface area (Å²) in [5.74, 6) is 0.00480. The highest BCUT2D eigenvalue weighted by Gasteiger charge is 2.07. The van der Waals surface area contributed by atoms with Gasteiger partial charge in [-0.05, 0) is 35.7 Å². The lowest BCUT2D eigenvalue weighted by atomic mass is 10.1. The lowest BCUT2D eigenvalue weighted by Gasteiger charge is -2.07. The van der Waals surface area contributed by atoms with Crippen LogP contribution in [0.5, 0.6) is 0 Å². The van der Waals surface area contributed by atoms with Crippen molar-refractivity contribution in [2.45, 2.75) is 12.8 Å². The first-order valence-corrected chi connectivity index (χ1v) is 7.94. The zero-order chi connectivity index (χ0) is 16.1. The number of carbonyl (C=O) groups is 1. The topological polar surface area (TPSA) is 42.0 Å². The van der Waals surface area contributed by atoms with E-state index in [9.17, 15) is 4.79 Å². The minimum atomic E-state index is 0.00480. The number of fused-ring (bicyclic) bond motifs is 1. The van der Waals surface area contributed by atoms with E-state index in [1.165, 1.54) is 0 Å². The quantitative estimate of drug-likeness (QED) is 0.776. The number of nitrogens with zero attached hydrogens (tertiary/aromatic N) is 1. The zero-order valence-corrected chi connectivity index (χ0v) is 13.4. The molecule has 0 saturated carbocycles. The van der Waals surface area contributed by atoms with Crippen LogP contribution in [0.15, 0.2) is 60.8 Å². The Bertz CT molecular complexity index is 827. The van der Waals surface area contributed by atoms with E-state index >= 15 is 0 Å². The fourth-order valence-electron chi connectivity index (χ4n) is 2.58. The van der Waals surface area contributed by atoms with Crippen LogP contribution in [0, 0.1) is 0 Å². The third kappa shape index (κ3) is 4.08. The third-order valence-electron chi connectivity index (χ3n) is 3.69. The van der Waals surface area contributed by atoms with Crippen LogP contribution in [0.25, 0.3) is 10.9 Å². The predicted octanol–water partition coefficient (Wildman–Crippen LogP) is 3.79. The summed E-state index contributed by atoms with van der Waals surface area (Å²) in [6.45, 7) is 0.595. The lowest BCUT2D eigenvalue weighted by Crippen LogP contribution is -2.27. The van der Waals surface area contributed by atoms with Crippen molar-refractivity contribution in [1.29, 1.82) is 0 Å². The number of hydrogen-bond acceptors (Lipinski definition) is 2. The van der Waals surface area contributed by atoms with Crippen LogP contribution in [-0.2, 0) is 17.6 Å². The molecule has 0 atom stereocenters. The van der Waals surface area contributed by atoms with E-state index in [1.807, 2.05) is 54.6 Å². The molecule has 3 rings (SSSR count). The first kappa shape index (κ1) is 15.5. The van der Waals surface area contributed by atoms with Gasteiger partial charge in [0.05, 0.1) is 11.9 Å². The molecule has 0 bridgehead atoms. The molecule has 0 aliphatic heterocycles. The molecule has 3 nitrogen and oxygen atoms in total. The Morgan fingerprint density at radius 1 is 1.09 bits per heavy atom. The highest BCUT2D eigenvalue weighted by Crippen LogP contribution is 2.16. The summed E-state index contributed by atoms with van der Waals surface area (Å²) in [7, 11) is 0. The molecule has 0 aliphatic carbocycles. The van der Waals surface area contributed by atoms with Crippen molar-refractivity contribution in [2.75, 3.05) is 6.54 Å². The minimum absolute atomic E-state index is 0.00480. The van der Waals surface area contributed by atoms with E-state index in [-0.39, 0.29) is 5.91 Å². The molecule has 1 N–H and O–H groups in total. The first-order valence-electron chi connectivity index (χ1n) is 7.56. The van der Waals surface area contributed by atoms with Crippen LogP contribution < -0.4 is 5.32 Å². The van der Waals surface area contributed by atoms with Crippen molar-refractivity contribution in [3.05, 3.63) is 76.9 Å². The maximum Gasteiger partial charge on any atom is 0.224 e. The number of rotatable bonds is 5. The number of benzene rings is 2. The van der Waals surface area contributed by atoms with Gasteiger partial charge in [-0.2, -0.15) is 0 Å². The molecule has 1 aromatic heterocycles. The molecule has 0 aliphatic rings. The molecule has 0 fully saturated rings. The van der Waals surface area contributed by atoms with Gasteiger partial charge in [-0.1, -0.05) is 48.0 Å². The van der Waals surface area contributed by atoms with Crippen molar-refractivity contribution in [3.63, 3.8) is 0 Å². The van der Waals surface area contributed by atoms with E-state index in [1.54, 1.807) is 6.20 Å². The molecule has 0 saturated heterocycles. The predicted molar refractivity (Wildman–Crippen MR) is 93.6 cm³/mol. The Morgan fingerprint density at radius 2 is 1.91 bits per heavy atom. The van der Waals surface area contributed by atoms with Crippen molar-refractivity contribution in [1.82, 2.24) is 10.3 Å². The summed E-state index contributed by atoms with van der Waals surface area (Å²) in [5.41, 5.74) is 2.95. The molecule has 0 unspecified atom stereocenters. The molecule has 0 radical (unpaired) electrons. The Kier molecular flexibility index (Phi) is 4.89. The molecule has 1 amide bonds. The summed E-state index contributed by atoms with van der Waals surface area (Å²) in [6.07, 6.45) is 2.85. The summed E-state index contributed by atoms with van der Waals surface area (Å²) in [4.78, 5) is 16.5. The van der Waals surface area contributed by atoms with E-state index < -0.39 is 0 Å². The highest BCUT2D eigenvalue weighted by molar-refractivity contribution is 6.30. The molecule has 3 aromatic rings. The van der Waals surface area contributed by atoms with Crippen molar-refractivity contribution in [3.8, 4) is 0 Å². The summed E-state index contributed by atoms with van der Waals surface area (Å²) >= 11 is 5.95. The largest absolute Gasteiger partial charge is 0.355 e. The molecule has 23 heavy (non-hydrogen) atoms. The SMILES string of the molecule is O=C(Cc1cccc2cccnc12)NCCc1cccc(Cl)c1. The summed E-state index contributed by atoms with van der Waals surface area (Å²) < 4.78 is 0. The van der Waals surface area contributed by atoms with Crippen LogP contribution >= 0.6 is 11.6 Å². The van der Waals surface area contributed by atoms with E-state index in [0.29, 0.717) is 13.0 Å². The molecule has 1 heterocycles. The van der Waals surface area contributed by atoms with Crippen LogP contribution in [0.1, 0.15) is 11.1 Å². The van der Waals surface area contributed by atoms with Crippen LogP contribution in [-0.4, -0.2) is 17.4 Å². The number of aromatic nitrogens is 1. The van der Waals surface area contributed by atoms with Gasteiger partial charge in [0.1, 0.15) is 0 Å². The Morgan fingerprint density at radius 3 is 2.78 bits per heavy atom. The number of nitrogens with one attached hydrogen (secondary N) is 1. The van der Waals surface area contributed by atoms with Crippen LogP contribution in [0.2, 0.25) is 5.02 Å². The minimum Gasteiger partial charge on any atom is -0.355 e. The van der Waals surface area contributed by atoms with Gasteiger partial charge in [-0.25, -0.2) is 0 Å². The molecule has 0 spiro atoms. The summed E-state index contributed by atoms with van der Waals surface area (Å²) in [6, 6.07) is 17.5. The van der Waals surface area contributed by atoms with E-state index in [0.717, 1.165) is 33.5 Å². The van der Waals surface area contributed by atoms with Gasteiger partial charge < -0.3 is 5.32 Å². The van der Waals surface area contributed by atoms with Crippen molar-refractivity contribution >= 4 is 28.4 Å². The lowest BCUT2D eigenvalue weighted by molar-refractivity contribution is -0.120. The molecule has 116 valence electrons. The van der Waals surface area contributed by atoms with Gasteiger partial charge in [0, 0.05) is 23.2 Å². The van der Waals surface area contributed by atoms with Crippen molar-refractivity contribution < 1.29 is 4.79 Å². The maximum absolute atomic E-state index is 12.1. The molecular weight excluding hydrogens is 308 g/mol. The van der Waals surface area contributed by atoms with Gasteiger partial charge in [0.25, 0.3) is 0 Å². The average Bonchev–Trinajstić information content (AvgIpc) is 2.55. The Balaban J connectivity index is 1.59. The first-order chi connectivity index (χ1) is 11.2. The Labute approximate surface area is 140 Å².